The van der Waals surface area contributed by atoms with E-state index >= 15 is 0 Å². The van der Waals surface area contributed by atoms with Crippen LogP contribution in [-0.4, -0.2) is 24.3 Å². The number of ether oxygens (including phenoxy) is 1. The lowest BCUT2D eigenvalue weighted by molar-refractivity contribution is -0.253. The van der Waals surface area contributed by atoms with E-state index in [1.165, 1.54) is 12.1 Å². The summed E-state index contributed by atoms with van der Waals surface area (Å²) in [6, 6.07) is 4.71. The fraction of sp³-hybridized carbons (Fsp3) is 0.579. The molecular weight excluding hydrogens is 366 g/mol. The average Bonchev–Trinajstić information content (AvgIpc) is 3.40. The highest BCUT2D eigenvalue weighted by Crippen LogP contribution is 2.68. The van der Waals surface area contributed by atoms with Gasteiger partial charge in [-0.2, -0.15) is 17.6 Å². The Morgan fingerprint density at radius 2 is 1.44 bits per heavy atom. The van der Waals surface area contributed by atoms with Gasteiger partial charge in [-0.1, -0.05) is 0 Å². The third kappa shape index (κ3) is 2.34. The summed E-state index contributed by atoms with van der Waals surface area (Å²) >= 11 is 0. The standard InChI is InChI=1S/C19H17F4NO3/c20-18(21)19(22,23)27-9-3-1-8(2-4-9)24-16(25)14-10-5-6-11(13-7-12(10)13)15(14)17(24)26/h1-4,10-15,18H,5-7H2/t10-,11+,12+,13-,14-,15+. The number of anilines is 1. The summed E-state index contributed by atoms with van der Waals surface area (Å²) in [5, 5.41) is 0. The first-order valence-corrected chi connectivity index (χ1v) is 9.12. The van der Waals surface area contributed by atoms with Crippen LogP contribution in [-0.2, 0) is 9.59 Å². The van der Waals surface area contributed by atoms with Crippen molar-refractivity contribution in [3.8, 4) is 5.75 Å². The van der Waals surface area contributed by atoms with E-state index in [1.807, 2.05) is 0 Å². The van der Waals surface area contributed by atoms with E-state index in [-0.39, 0.29) is 41.2 Å². The zero-order valence-electron chi connectivity index (χ0n) is 14.2. The molecule has 6 atom stereocenters. The number of hydrogen-bond donors (Lipinski definition) is 0. The van der Waals surface area contributed by atoms with Crippen molar-refractivity contribution in [2.75, 3.05) is 4.90 Å². The Kier molecular flexibility index (Phi) is 3.44. The number of carbonyl (C=O) groups excluding carboxylic acids is 2. The minimum absolute atomic E-state index is 0.225. The molecule has 8 heteroatoms. The number of imide groups is 1. The number of nitrogens with zero attached hydrogens (tertiary/aromatic N) is 1. The molecule has 0 radical (unpaired) electrons. The lowest BCUT2D eigenvalue weighted by Crippen LogP contribution is -2.43. The Balaban J connectivity index is 1.39. The van der Waals surface area contributed by atoms with Crippen molar-refractivity contribution in [2.24, 2.45) is 35.5 Å². The maximum atomic E-state index is 13.0. The molecule has 144 valence electrons. The Hall–Kier alpha value is -2.12. The molecule has 2 bridgehead atoms. The average molecular weight is 383 g/mol. The minimum Gasteiger partial charge on any atom is -0.428 e. The van der Waals surface area contributed by atoms with E-state index in [1.54, 1.807) is 0 Å². The van der Waals surface area contributed by atoms with Crippen molar-refractivity contribution in [2.45, 2.75) is 31.8 Å². The van der Waals surface area contributed by atoms with E-state index in [0.717, 1.165) is 36.3 Å². The number of halogens is 4. The van der Waals surface area contributed by atoms with Crippen molar-refractivity contribution >= 4 is 17.5 Å². The molecule has 4 nitrogen and oxygen atoms in total. The molecule has 2 amide bonds. The molecule has 0 aromatic heterocycles. The van der Waals surface area contributed by atoms with Gasteiger partial charge in [-0.25, -0.2) is 0 Å². The van der Waals surface area contributed by atoms with Gasteiger partial charge in [0.05, 0.1) is 17.5 Å². The van der Waals surface area contributed by atoms with Gasteiger partial charge in [-0.05, 0) is 67.2 Å². The fourth-order valence-corrected chi connectivity index (χ4v) is 5.66. The van der Waals surface area contributed by atoms with E-state index in [4.69, 9.17) is 0 Å². The number of hydrogen-bond acceptors (Lipinski definition) is 3. The van der Waals surface area contributed by atoms with Crippen molar-refractivity contribution in [1.82, 2.24) is 0 Å². The van der Waals surface area contributed by atoms with Crippen LogP contribution in [0.4, 0.5) is 23.2 Å². The fourth-order valence-electron chi connectivity index (χ4n) is 5.66. The van der Waals surface area contributed by atoms with E-state index in [9.17, 15) is 27.2 Å². The molecular formula is C19H17F4NO3. The predicted octanol–water partition coefficient (Wildman–Crippen LogP) is 3.70. The number of fused-ring (bicyclic) bond motifs is 1. The van der Waals surface area contributed by atoms with Gasteiger partial charge in [-0.15, -0.1) is 0 Å². The maximum absolute atomic E-state index is 13.0. The van der Waals surface area contributed by atoms with Crippen LogP contribution in [0.15, 0.2) is 24.3 Å². The molecule has 5 aliphatic rings. The van der Waals surface area contributed by atoms with Crippen LogP contribution in [0.25, 0.3) is 0 Å². The molecule has 1 saturated heterocycles. The van der Waals surface area contributed by atoms with Crippen molar-refractivity contribution in [3.05, 3.63) is 24.3 Å². The third-order valence-electron chi connectivity index (χ3n) is 6.75. The molecule has 27 heavy (non-hydrogen) atoms. The Bertz CT molecular complexity index is 778. The molecule has 4 saturated carbocycles. The summed E-state index contributed by atoms with van der Waals surface area (Å²) in [4.78, 5) is 27.1. The van der Waals surface area contributed by atoms with Crippen LogP contribution < -0.4 is 9.64 Å². The van der Waals surface area contributed by atoms with Gasteiger partial charge >= 0.3 is 12.5 Å². The molecule has 0 spiro atoms. The van der Waals surface area contributed by atoms with Gasteiger partial charge in [0.15, 0.2) is 0 Å². The molecule has 0 unspecified atom stereocenters. The van der Waals surface area contributed by atoms with Gasteiger partial charge in [0.1, 0.15) is 5.75 Å². The van der Waals surface area contributed by atoms with Crippen LogP contribution in [0.5, 0.6) is 5.75 Å². The predicted molar refractivity (Wildman–Crippen MR) is 85.3 cm³/mol. The summed E-state index contributed by atoms with van der Waals surface area (Å²) in [6.07, 6.45) is -5.47. The molecule has 4 aliphatic carbocycles. The first-order chi connectivity index (χ1) is 12.8. The highest BCUT2D eigenvalue weighted by atomic mass is 19.3. The van der Waals surface area contributed by atoms with E-state index < -0.39 is 18.3 Å². The Morgan fingerprint density at radius 3 is 1.93 bits per heavy atom. The largest absolute Gasteiger partial charge is 0.461 e. The molecule has 5 fully saturated rings. The normalized spacial score (nSPS) is 36.9. The van der Waals surface area contributed by atoms with Gasteiger partial charge in [0.25, 0.3) is 0 Å². The Morgan fingerprint density at radius 1 is 0.926 bits per heavy atom. The first-order valence-electron chi connectivity index (χ1n) is 9.12. The summed E-state index contributed by atoms with van der Waals surface area (Å²) in [5.74, 6) is 0.189. The van der Waals surface area contributed by atoms with Crippen molar-refractivity contribution in [1.29, 1.82) is 0 Å². The van der Waals surface area contributed by atoms with Crippen LogP contribution in [0.1, 0.15) is 19.3 Å². The summed E-state index contributed by atoms with van der Waals surface area (Å²) in [7, 11) is 0. The quantitative estimate of drug-likeness (QED) is 0.588. The van der Waals surface area contributed by atoms with Gasteiger partial charge in [0, 0.05) is 0 Å². The molecule has 1 aromatic rings. The van der Waals surface area contributed by atoms with E-state index in [2.05, 4.69) is 4.74 Å². The minimum atomic E-state index is -4.60. The summed E-state index contributed by atoms with van der Waals surface area (Å²) in [5.41, 5.74) is 0.264. The first kappa shape index (κ1) is 17.0. The van der Waals surface area contributed by atoms with Gasteiger partial charge < -0.3 is 4.74 Å². The topological polar surface area (TPSA) is 46.6 Å². The second-order valence-electron chi connectivity index (χ2n) is 7.99. The number of rotatable bonds is 4. The summed E-state index contributed by atoms with van der Waals surface area (Å²) < 4.78 is 54.5. The molecule has 1 aromatic carbocycles. The lowest BCUT2D eigenvalue weighted by atomic mass is 9.59. The lowest BCUT2D eigenvalue weighted by Gasteiger charge is -2.42. The van der Waals surface area contributed by atoms with Gasteiger partial charge in [0.2, 0.25) is 11.8 Å². The second kappa shape index (κ2) is 5.45. The smallest absolute Gasteiger partial charge is 0.428 e. The zero-order valence-corrected chi connectivity index (χ0v) is 14.2. The second-order valence-corrected chi connectivity index (χ2v) is 7.99. The summed E-state index contributed by atoms with van der Waals surface area (Å²) in [6.45, 7) is 0. The van der Waals surface area contributed by atoms with Crippen LogP contribution in [0.3, 0.4) is 0 Å². The van der Waals surface area contributed by atoms with Crippen LogP contribution in [0, 0.1) is 35.5 Å². The molecule has 0 N–H and O–H groups in total. The third-order valence-corrected chi connectivity index (χ3v) is 6.75. The number of benzene rings is 1. The SMILES string of the molecule is O=C1[C@@H]2[C@@H]3CC[C@@H]([C@H]4C[C@H]43)[C@@H]2C(=O)N1c1ccc(OC(F)(F)C(F)F)cc1. The zero-order chi connectivity index (χ0) is 19.1. The number of carbonyl (C=O) groups is 2. The number of alkyl halides is 4. The highest BCUT2D eigenvalue weighted by Gasteiger charge is 2.68. The van der Waals surface area contributed by atoms with Crippen molar-refractivity contribution < 1.29 is 31.9 Å². The molecule has 1 heterocycles. The monoisotopic (exact) mass is 383 g/mol. The number of amides is 2. The highest BCUT2D eigenvalue weighted by molar-refractivity contribution is 6.22. The van der Waals surface area contributed by atoms with Crippen LogP contribution >= 0.6 is 0 Å². The van der Waals surface area contributed by atoms with E-state index in [0.29, 0.717) is 11.8 Å². The molecule has 6 rings (SSSR count). The van der Waals surface area contributed by atoms with Crippen LogP contribution in [0.2, 0.25) is 0 Å². The molecule has 1 aliphatic heterocycles. The van der Waals surface area contributed by atoms with Crippen molar-refractivity contribution in [3.63, 3.8) is 0 Å². The van der Waals surface area contributed by atoms with Gasteiger partial charge in [-0.3, -0.25) is 14.5 Å². The Labute approximate surface area is 152 Å². The maximum Gasteiger partial charge on any atom is 0.461 e.